The summed E-state index contributed by atoms with van der Waals surface area (Å²) in [7, 11) is 0. The van der Waals surface area contributed by atoms with Crippen LogP contribution in [0.4, 0.5) is 9.18 Å². The maximum Gasteiger partial charge on any atom is 0.338 e. The molecule has 1 aliphatic carbocycles. The van der Waals surface area contributed by atoms with E-state index in [1.54, 1.807) is 21.9 Å². The third-order valence-corrected chi connectivity index (χ3v) is 5.46. The Balaban J connectivity index is 1.66. The maximum absolute atomic E-state index is 13.2. The lowest BCUT2D eigenvalue weighted by molar-refractivity contribution is -0.157. The van der Waals surface area contributed by atoms with Gasteiger partial charge in [-0.05, 0) is 30.5 Å². The zero-order valence-electron chi connectivity index (χ0n) is 14.3. The molecule has 8 heteroatoms. The molecular weight excluding hydrogens is 337 g/mol. The van der Waals surface area contributed by atoms with E-state index in [9.17, 15) is 14.0 Å². The number of fused-ring (bicyclic) bond motifs is 3. The molecule has 2 saturated heterocycles. The number of hydrazine groups is 1. The summed E-state index contributed by atoms with van der Waals surface area (Å²) in [6.07, 6.45) is 2.91. The molecule has 3 fully saturated rings. The number of hydrogen-bond acceptors (Lipinski definition) is 4. The molecule has 2 aliphatic heterocycles. The smallest absolute Gasteiger partial charge is 0.303 e. The Labute approximate surface area is 150 Å². The third kappa shape index (κ3) is 2.69. The van der Waals surface area contributed by atoms with Gasteiger partial charge >= 0.3 is 6.03 Å². The molecule has 3 unspecified atom stereocenters. The first-order valence-electron chi connectivity index (χ1n) is 8.88. The van der Waals surface area contributed by atoms with Gasteiger partial charge in [0.05, 0.1) is 12.0 Å². The SMILES string of the molecule is N#CCN1NC2N(Cc3ccc(F)cc3)C(=O)C3CCCCC3N2C1=O. The van der Waals surface area contributed by atoms with Crippen LogP contribution in [-0.2, 0) is 11.3 Å². The zero-order valence-corrected chi connectivity index (χ0v) is 14.3. The molecule has 0 aromatic heterocycles. The van der Waals surface area contributed by atoms with Gasteiger partial charge in [-0.2, -0.15) is 10.7 Å². The van der Waals surface area contributed by atoms with Gasteiger partial charge in [-0.15, -0.1) is 0 Å². The number of rotatable bonds is 3. The Morgan fingerprint density at radius 2 is 1.92 bits per heavy atom. The summed E-state index contributed by atoms with van der Waals surface area (Å²) < 4.78 is 13.2. The second kappa shape index (κ2) is 6.57. The number of nitriles is 1. The minimum atomic E-state index is -0.604. The highest BCUT2D eigenvalue weighted by Crippen LogP contribution is 2.38. The second-order valence-corrected chi connectivity index (χ2v) is 6.99. The van der Waals surface area contributed by atoms with E-state index in [-0.39, 0.29) is 42.8 Å². The average Bonchev–Trinajstić information content (AvgIpc) is 2.97. The number of nitrogens with one attached hydrogen (secondary N) is 1. The number of urea groups is 1. The Morgan fingerprint density at radius 1 is 1.19 bits per heavy atom. The molecule has 1 aromatic rings. The van der Waals surface area contributed by atoms with Crippen LogP contribution in [0.3, 0.4) is 0 Å². The quantitative estimate of drug-likeness (QED) is 0.836. The van der Waals surface area contributed by atoms with E-state index < -0.39 is 6.29 Å². The van der Waals surface area contributed by atoms with Gasteiger partial charge in [0.2, 0.25) is 5.91 Å². The molecule has 3 amide bonds. The topological polar surface area (TPSA) is 79.7 Å². The highest BCUT2D eigenvalue weighted by atomic mass is 19.1. The van der Waals surface area contributed by atoms with Crippen LogP contribution in [0.25, 0.3) is 0 Å². The highest BCUT2D eigenvalue weighted by molar-refractivity contribution is 5.85. The minimum absolute atomic E-state index is 0.0133. The fourth-order valence-corrected chi connectivity index (χ4v) is 4.24. The Morgan fingerprint density at radius 3 is 2.65 bits per heavy atom. The molecule has 0 spiro atoms. The van der Waals surface area contributed by atoms with E-state index in [2.05, 4.69) is 5.43 Å². The number of carbonyl (C=O) groups is 2. The van der Waals surface area contributed by atoms with Gasteiger partial charge < -0.3 is 4.90 Å². The van der Waals surface area contributed by atoms with Gasteiger partial charge in [0.1, 0.15) is 12.4 Å². The van der Waals surface area contributed by atoms with Crippen molar-refractivity contribution in [3.8, 4) is 6.07 Å². The van der Waals surface area contributed by atoms with Crippen molar-refractivity contribution < 1.29 is 14.0 Å². The molecule has 1 saturated carbocycles. The largest absolute Gasteiger partial charge is 0.338 e. The summed E-state index contributed by atoms with van der Waals surface area (Å²) >= 11 is 0. The van der Waals surface area contributed by atoms with Crippen molar-refractivity contribution in [3.05, 3.63) is 35.6 Å². The van der Waals surface area contributed by atoms with Crippen molar-refractivity contribution in [2.75, 3.05) is 6.54 Å². The van der Waals surface area contributed by atoms with Crippen LogP contribution in [0.5, 0.6) is 0 Å². The Hall–Kier alpha value is -2.66. The van der Waals surface area contributed by atoms with Crippen LogP contribution in [0, 0.1) is 23.1 Å². The summed E-state index contributed by atoms with van der Waals surface area (Å²) in [5, 5.41) is 10.2. The van der Waals surface area contributed by atoms with E-state index in [1.807, 2.05) is 6.07 Å². The molecule has 3 atom stereocenters. The van der Waals surface area contributed by atoms with Crippen LogP contribution < -0.4 is 5.43 Å². The summed E-state index contributed by atoms with van der Waals surface area (Å²) in [5.74, 6) is -0.533. The molecule has 0 radical (unpaired) electrons. The van der Waals surface area contributed by atoms with Crippen molar-refractivity contribution in [1.82, 2.24) is 20.2 Å². The summed E-state index contributed by atoms with van der Waals surface area (Å²) in [6, 6.07) is 7.59. The van der Waals surface area contributed by atoms with Crippen LogP contribution in [0.2, 0.25) is 0 Å². The fourth-order valence-electron chi connectivity index (χ4n) is 4.24. The normalized spacial score (nSPS) is 28.0. The Kier molecular flexibility index (Phi) is 4.24. The van der Waals surface area contributed by atoms with Crippen molar-refractivity contribution in [1.29, 1.82) is 5.26 Å². The van der Waals surface area contributed by atoms with E-state index in [0.717, 1.165) is 31.2 Å². The summed E-state index contributed by atoms with van der Waals surface area (Å²) in [5.41, 5.74) is 3.80. The van der Waals surface area contributed by atoms with Gasteiger partial charge in [0, 0.05) is 12.6 Å². The standard InChI is InChI=1S/C18H20FN5O2/c19-13-7-5-12(6-8-13)11-22-16(25)14-3-1-2-4-15(14)24-17(22)21-23(10-9-20)18(24)26/h5-8,14-15,17,21H,1-4,10-11H2. The molecule has 1 N–H and O–H groups in total. The van der Waals surface area contributed by atoms with Gasteiger partial charge in [0.15, 0.2) is 6.29 Å². The van der Waals surface area contributed by atoms with Gasteiger partial charge in [0.25, 0.3) is 0 Å². The Bertz CT molecular complexity index is 762. The van der Waals surface area contributed by atoms with Gasteiger partial charge in [-0.25, -0.2) is 14.2 Å². The fraction of sp³-hybridized carbons (Fsp3) is 0.500. The van der Waals surface area contributed by atoms with Gasteiger partial charge in [-0.1, -0.05) is 25.0 Å². The molecule has 136 valence electrons. The lowest BCUT2D eigenvalue weighted by atomic mass is 9.81. The minimum Gasteiger partial charge on any atom is -0.303 e. The van der Waals surface area contributed by atoms with Crippen molar-refractivity contribution in [2.24, 2.45) is 5.92 Å². The third-order valence-electron chi connectivity index (χ3n) is 5.46. The predicted octanol–water partition coefficient (Wildman–Crippen LogP) is 1.78. The van der Waals surface area contributed by atoms with Crippen LogP contribution >= 0.6 is 0 Å². The van der Waals surface area contributed by atoms with E-state index in [1.165, 1.54) is 17.1 Å². The van der Waals surface area contributed by atoms with Gasteiger partial charge in [-0.3, -0.25) is 9.69 Å². The lowest BCUT2D eigenvalue weighted by Crippen LogP contribution is -2.65. The maximum atomic E-state index is 13.2. The summed E-state index contributed by atoms with van der Waals surface area (Å²) in [6.45, 7) is 0.200. The van der Waals surface area contributed by atoms with E-state index in [0.29, 0.717) is 0 Å². The number of benzene rings is 1. The number of amides is 3. The number of halogens is 1. The van der Waals surface area contributed by atoms with E-state index >= 15 is 0 Å². The van der Waals surface area contributed by atoms with Crippen LogP contribution in [-0.4, -0.2) is 45.6 Å². The molecular formula is C18H20FN5O2. The van der Waals surface area contributed by atoms with Crippen molar-refractivity contribution >= 4 is 11.9 Å². The number of carbonyl (C=O) groups excluding carboxylic acids is 2. The first-order chi connectivity index (χ1) is 12.6. The van der Waals surface area contributed by atoms with Crippen molar-refractivity contribution in [2.45, 2.75) is 44.6 Å². The monoisotopic (exact) mass is 357 g/mol. The molecule has 26 heavy (non-hydrogen) atoms. The van der Waals surface area contributed by atoms with Crippen LogP contribution in [0.15, 0.2) is 24.3 Å². The number of hydrogen-bond donors (Lipinski definition) is 1. The van der Waals surface area contributed by atoms with E-state index in [4.69, 9.17) is 5.26 Å². The average molecular weight is 357 g/mol. The molecule has 7 nitrogen and oxygen atoms in total. The number of nitrogens with zero attached hydrogens (tertiary/aromatic N) is 4. The molecule has 3 aliphatic rings. The van der Waals surface area contributed by atoms with Crippen molar-refractivity contribution in [3.63, 3.8) is 0 Å². The van der Waals surface area contributed by atoms with Crippen LogP contribution in [0.1, 0.15) is 31.2 Å². The highest BCUT2D eigenvalue weighted by Gasteiger charge is 2.54. The lowest BCUT2D eigenvalue weighted by Gasteiger charge is -2.48. The molecule has 0 bridgehead atoms. The molecule has 4 rings (SSSR count). The second-order valence-electron chi connectivity index (χ2n) is 6.99. The predicted molar refractivity (Wildman–Crippen MR) is 89.2 cm³/mol. The summed E-state index contributed by atoms with van der Waals surface area (Å²) in [4.78, 5) is 29.3. The molecule has 1 aromatic carbocycles. The zero-order chi connectivity index (χ0) is 18.3. The first kappa shape index (κ1) is 16.8. The molecule has 2 heterocycles. The first-order valence-corrected chi connectivity index (χ1v) is 8.88.